The lowest BCUT2D eigenvalue weighted by Gasteiger charge is -2.15. The summed E-state index contributed by atoms with van der Waals surface area (Å²) in [5.41, 5.74) is -0.170. The third-order valence-electron chi connectivity index (χ3n) is 4.24. The van der Waals surface area contributed by atoms with Gasteiger partial charge in [-0.1, -0.05) is 18.2 Å². The maximum Gasteiger partial charge on any atom is 0.343 e. The highest BCUT2D eigenvalue weighted by Gasteiger charge is 2.21. The minimum absolute atomic E-state index is 0.0374. The van der Waals surface area contributed by atoms with E-state index >= 15 is 0 Å². The van der Waals surface area contributed by atoms with Crippen LogP contribution < -0.4 is 11.0 Å². The molecule has 0 fully saturated rings. The summed E-state index contributed by atoms with van der Waals surface area (Å²) in [5.74, 6) is 0.735. The molecule has 0 spiro atoms. The first-order chi connectivity index (χ1) is 11.2. The largest absolute Gasteiger partial charge is 0.349 e. The fraction of sp³-hybridized carbons (Fsp3) is 0.312. The van der Waals surface area contributed by atoms with Crippen LogP contribution in [0.25, 0.3) is 10.1 Å². The van der Waals surface area contributed by atoms with E-state index in [1.54, 1.807) is 4.57 Å². The van der Waals surface area contributed by atoms with E-state index < -0.39 is 0 Å². The third-order valence-corrected chi connectivity index (χ3v) is 5.35. The zero-order valence-corrected chi connectivity index (χ0v) is 13.2. The molecule has 1 aromatic carbocycles. The van der Waals surface area contributed by atoms with Crippen LogP contribution in [0.15, 0.2) is 35.1 Å². The highest BCUT2D eigenvalue weighted by Crippen LogP contribution is 2.25. The maximum absolute atomic E-state index is 12.5. The first-order valence-electron chi connectivity index (χ1n) is 7.64. The molecule has 0 saturated carbocycles. The van der Waals surface area contributed by atoms with Crippen molar-refractivity contribution >= 4 is 27.3 Å². The molecule has 118 valence electrons. The predicted octanol–water partition coefficient (Wildman–Crippen LogP) is 1.92. The molecule has 6 nitrogen and oxygen atoms in total. The highest BCUT2D eigenvalue weighted by molar-refractivity contribution is 7.20. The number of aromatic amines is 1. The number of benzene rings is 1. The van der Waals surface area contributed by atoms with E-state index in [0.717, 1.165) is 33.6 Å². The van der Waals surface area contributed by atoms with E-state index in [4.69, 9.17) is 0 Å². The van der Waals surface area contributed by atoms with Crippen molar-refractivity contribution in [3.8, 4) is 0 Å². The third kappa shape index (κ3) is 2.68. The van der Waals surface area contributed by atoms with Gasteiger partial charge in [0.05, 0.1) is 4.88 Å². The lowest BCUT2D eigenvalue weighted by molar-refractivity contribution is 0.0937. The Morgan fingerprint density at radius 3 is 3.09 bits per heavy atom. The molecule has 1 amide bonds. The number of fused-ring (bicyclic) bond motifs is 2. The molecule has 4 rings (SSSR count). The summed E-state index contributed by atoms with van der Waals surface area (Å²) in [6.45, 7) is 0.585. The second-order valence-corrected chi connectivity index (χ2v) is 6.83. The molecule has 2 N–H and O–H groups in total. The highest BCUT2D eigenvalue weighted by atomic mass is 32.1. The molecule has 1 aliphatic rings. The number of H-pyrrole nitrogens is 1. The van der Waals surface area contributed by atoms with Crippen LogP contribution in [0.5, 0.6) is 0 Å². The minimum Gasteiger partial charge on any atom is -0.349 e. The topological polar surface area (TPSA) is 79.8 Å². The van der Waals surface area contributed by atoms with Gasteiger partial charge in [-0.05, 0) is 30.4 Å². The van der Waals surface area contributed by atoms with Crippen molar-refractivity contribution in [3.63, 3.8) is 0 Å². The van der Waals surface area contributed by atoms with E-state index in [9.17, 15) is 9.59 Å². The molecule has 0 saturated heterocycles. The molecular weight excluding hydrogens is 312 g/mol. The number of aryl methyl sites for hydroxylation is 1. The number of thiophene rings is 1. The van der Waals surface area contributed by atoms with Crippen molar-refractivity contribution in [2.75, 3.05) is 0 Å². The average molecular weight is 328 g/mol. The number of rotatable bonds is 2. The number of carbonyl (C=O) groups excluding carboxylic acids is 1. The van der Waals surface area contributed by atoms with Crippen LogP contribution >= 0.6 is 11.3 Å². The van der Waals surface area contributed by atoms with Crippen LogP contribution in [0.2, 0.25) is 0 Å². The van der Waals surface area contributed by atoms with Crippen molar-refractivity contribution < 1.29 is 4.79 Å². The van der Waals surface area contributed by atoms with Crippen LogP contribution in [-0.2, 0) is 13.0 Å². The number of hydrogen-bond acceptors (Lipinski definition) is 4. The van der Waals surface area contributed by atoms with Crippen LogP contribution in [0.3, 0.4) is 0 Å². The summed E-state index contributed by atoms with van der Waals surface area (Å²) < 4.78 is 2.77. The zero-order valence-electron chi connectivity index (χ0n) is 12.4. The number of nitrogens with zero attached hydrogens (tertiary/aromatic N) is 2. The summed E-state index contributed by atoms with van der Waals surface area (Å²) >= 11 is 1.51. The quantitative estimate of drug-likeness (QED) is 0.754. The van der Waals surface area contributed by atoms with Crippen LogP contribution in [0, 0.1) is 0 Å². The molecule has 0 aliphatic carbocycles. The van der Waals surface area contributed by atoms with Crippen molar-refractivity contribution in [2.45, 2.75) is 31.8 Å². The molecule has 2 aromatic heterocycles. The summed E-state index contributed by atoms with van der Waals surface area (Å²) in [6, 6.07) is 9.98. The lowest BCUT2D eigenvalue weighted by Crippen LogP contribution is -2.35. The molecule has 1 atom stereocenters. The van der Waals surface area contributed by atoms with Gasteiger partial charge in [0, 0.05) is 23.7 Å². The van der Waals surface area contributed by atoms with Gasteiger partial charge in [0.2, 0.25) is 0 Å². The molecule has 23 heavy (non-hydrogen) atoms. The Labute approximate surface area is 136 Å². The standard InChI is InChI=1S/C16H16N4O2S/c21-15(13-9-10-3-1-2-4-12(10)23-13)17-11-5-6-14-18-19-16(22)20(14)8-7-11/h1-4,9,11H,5-8H2,(H,17,21)(H,19,22). The normalized spacial score (nSPS) is 17.7. The first-order valence-corrected chi connectivity index (χ1v) is 8.46. The van der Waals surface area contributed by atoms with Crippen LogP contribution in [0.1, 0.15) is 28.3 Å². The van der Waals surface area contributed by atoms with Gasteiger partial charge in [-0.2, -0.15) is 5.10 Å². The van der Waals surface area contributed by atoms with Crippen molar-refractivity contribution in [3.05, 3.63) is 51.5 Å². The zero-order chi connectivity index (χ0) is 15.8. The fourth-order valence-electron chi connectivity index (χ4n) is 3.00. The Bertz CT molecular complexity index is 890. The number of aromatic nitrogens is 3. The summed E-state index contributed by atoms with van der Waals surface area (Å²) in [4.78, 5) is 24.8. The van der Waals surface area contributed by atoms with Gasteiger partial charge in [-0.3, -0.25) is 9.36 Å². The number of amides is 1. The minimum atomic E-state index is -0.170. The molecule has 3 aromatic rings. The smallest absolute Gasteiger partial charge is 0.343 e. The number of nitrogens with one attached hydrogen (secondary N) is 2. The van der Waals surface area contributed by atoms with Crippen LogP contribution in [-0.4, -0.2) is 26.7 Å². The number of hydrogen-bond donors (Lipinski definition) is 2. The second kappa shape index (κ2) is 5.66. The summed E-state index contributed by atoms with van der Waals surface area (Å²) in [7, 11) is 0. The fourth-order valence-corrected chi connectivity index (χ4v) is 3.96. The van der Waals surface area contributed by atoms with Gasteiger partial charge in [-0.25, -0.2) is 9.89 Å². The van der Waals surface area contributed by atoms with E-state index in [2.05, 4.69) is 15.5 Å². The molecule has 3 heterocycles. The monoisotopic (exact) mass is 328 g/mol. The average Bonchev–Trinajstić information content (AvgIpc) is 3.08. The molecule has 0 radical (unpaired) electrons. The summed E-state index contributed by atoms with van der Waals surface area (Å²) in [6.07, 6.45) is 2.22. The second-order valence-electron chi connectivity index (χ2n) is 5.74. The van der Waals surface area contributed by atoms with Gasteiger partial charge in [-0.15, -0.1) is 11.3 Å². The Morgan fingerprint density at radius 1 is 1.35 bits per heavy atom. The molecular formula is C16H16N4O2S. The SMILES string of the molecule is O=C(NC1CCc2n[nH]c(=O)n2CC1)c1cc2ccccc2s1. The summed E-state index contributed by atoms with van der Waals surface area (Å²) in [5, 5.41) is 10.7. The lowest BCUT2D eigenvalue weighted by atomic mass is 10.1. The van der Waals surface area contributed by atoms with E-state index in [1.807, 2.05) is 30.3 Å². The molecule has 1 aliphatic heterocycles. The molecule has 1 unspecified atom stereocenters. The predicted molar refractivity (Wildman–Crippen MR) is 88.9 cm³/mol. The molecule has 0 bridgehead atoms. The van der Waals surface area contributed by atoms with Crippen molar-refractivity contribution in [2.24, 2.45) is 0 Å². The van der Waals surface area contributed by atoms with Crippen LogP contribution in [0.4, 0.5) is 0 Å². The van der Waals surface area contributed by atoms with E-state index in [0.29, 0.717) is 13.0 Å². The van der Waals surface area contributed by atoms with E-state index in [-0.39, 0.29) is 17.6 Å². The van der Waals surface area contributed by atoms with Gasteiger partial charge < -0.3 is 5.32 Å². The Kier molecular flexibility index (Phi) is 3.49. The van der Waals surface area contributed by atoms with Gasteiger partial charge in [0.25, 0.3) is 5.91 Å². The van der Waals surface area contributed by atoms with Gasteiger partial charge in [0.1, 0.15) is 5.82 Å². The van der Waals surface area contributed by atoms with Gasteiger partial charge >= 0.3 is 5.69 Å². The Hall–Kier alpha value is -2.41. The number of carbonyl (C=O) groups is 1. The maximum atomic E-state index is 12.5. The first kappa shape index (κ1) is 14.2. The molecule has 7 heteroatoms. The van der Waals surface area contributed by atoms with Crippen molar-refractivity contribution in [1.82, 2.24) is 20.1 Å². The van der Waals surface area contributed by atoms with E-state index in [1.165, 1.54) is 11.3 Å². The Morgan fingerprint density at radius 2 is 2.22 bits per heavy atom. The Balaban J connectivity index is 1.48. The van der Waals surface area contributed by atoms with Crippen molar-refractivity contribution in [1.29, 1.82) is 0 Å². The van der Waals surface area contributed by atoms with Gasteiger partial charge in [0.15, 0.2) is 0 Å².